The third kappa shape index (κ3) is 4.65. The van der Waals surface area contributed by atoms with Crippen LogP contribution in [0.25, 0.3) is 11.4 Å². The maximum absolute atomic E-state index is 12.2. The van der Waals surface area contributed by atoms with Gasteiger partial charge in [0.25, 0.3) is 0 Å². The minimum atomic E-state index is -0.0765. The lowest BCUT2D eigenvalue weighted by Crippen LogP contribution is -2.14. The molecule has 0 spiro atoms. The third-order valence-corrected chi connectivity index (χ3v) is 5.01. The van der Waals surface area contributed by atoms with Crippen molar-refractivity contribution in [3.8, 4) is 11.4 Å². The summed E-state index contributed by atoms with van der Waals surface area (Å²) in [6.07, 6.45) is 1.81. The Kier molecular flexibility index (Phi) is 6.08. The fraction of sp³-hybridized carbons (Fsp3) is 0.190. The zero-order valence-electron chi connectivity index (χ0n) is 15.5. The molecular formula is C21H22N4OS. The maximum Gasteiger partial charge on any atom is 0.234 e. The number of allylic oxidation sites excluding steroid dienone is 1. The van der Waals surface area contributed by atoms with E-state index < -0.39 is 0 Å². The van der Waals surface area contributed by atoms with E-state index in [2.05, 4.69) is 54.1 Å². The number of para-hydroxylation sites is 1. The summed E-state index contributed by atoms with van der Waals surface area (Å²) in [5, 5.41) is 12.3. The molecule has 0 radical (unpaired) electrons. The van der Waals surface area contributed by atoms with E-state index in [-0.39, 0.29) is 11.7 Å². The number of hydrogen-bond donors (Lipinski definition) is 1. The summed E-state index contributed by atoms with van der Waals surface area (Å²) >= 11 is 1.37. The molecule has 2 aromatic carbocycles. The van der Waals surface area contributed by atoms with E-state index in [1.54, 1.807) is 0 Å². The van der Waals surface area contributed by atoms with Gasteiger partial charge in [-0.3, -0.25) is 9.36 Å². The molecule has 0 unspecified atom stereocenters. The van der Waals surface area contributed by atoms with Gasteiger partial charge in [0.1, 0.15) is 0 Å². The highest BCUT2D eigenvalue weighted by molar-refractivity contribution is 7.99. The molecule has 3 aromatic rings. The lowest BCUT2D eigenvalue weighted by Gasteiger charge is -2.10. The number of carbonyl (C=O) groups is 1. The zero-order chi connectivity index (χ0) is 19.2. The number of aryl methyl sites for hydroxylation is 2. The van der Waals surface area contributed by atoms with Crippen LogP contribution in [0.1, 0.15) is 11.1 Å². The van der Waals surface area contributed by atoms with Gasteiger partial charge in [0.15, 0.2) is 11.0 Å². The number of rotatable bonds is 7. The van der Waals surface area contributed by atoms with E-state index in [0.29, 0.717) is 11.7 Å². The highest BCUT2D eigenvalue weighted by Gasteiger charge is 2.16. The van der Waals surface area contributed by atoms with E-state index in [9.17, 15) is 4.79 Å². The van der Waals surface area contributed by atoms with E-state index in [1.807, 2.05) is 41.0 Å². The lowest BCUT2D eigenvalue weighted by atomic mass is 10.1. The second-order valence-corrected chi connectivity index (χ2v) is 7.17. The quantitative estimate of drug-likeness (QED) is 0.486. The summed E-state index contributed by atoms with van der Waals surface area (Å²) in [6.45, 7) is 8.55. The number of anilines is 1. The van der Waals surface area contributed by atoms with Crippen LogP contribution in [0.15, 0.2) is 66.3 Å². The highest BCUT2D eigenvalue weighted by Crippen LogP contribution is 2.27. The minimum absolute atomic E-state index is 0.0765. The van der Waals surface area contributed by atoms with E-state index in [4.69, 9.17) is 0 Å². The van der Waals surface area contributed by atoms with Gasteiger partial charge in [0.2, 0.25) is 5.91 Å². The first kappa shape index (κ1) is 18.9. The molecule has 0 fully saturated rings. The molecule has 0 saturated carbocycles. The number of carbonyl (C=O) groups excluding carboxylic acids is 1. The summed E-state index contributed by atoms with van der Waals surface area (Å²) in [5.74, 6) is 0.975. The topological polar surface area (TPSA) is 59.8 Å². The van der Waals surface area contributed by atoms with Crippen LogP contribution in [0.3, 0.4) is 0 Å². The minimum Gasteiger partial charge on any atom is -0.325 e. The molecule has 27 heavy (non-hydrogen) atoms. The van der Waals surface area contributed by atoms with Gasteiger partial charge in [0.05, 0.1) is 5.75 Å². The molecule has 1 amide bonds. The van der Waals surface area contributed by atoms with Gasteiger partial charge in [-0.2, -0.15) is 0 Å². The highest BCUT2D eigenvalue weighted by atomic mass is 32.2. The maximum atomic E-state index is 12.2. The standard InChI is InChI=1S/C21H22N4OS/c1-4-12-25-20(18-11-10-15(2)13-16(18)3)23-24-21(25)27-14-19(26)22-17-8-6-5-7-9-17/h4-11,13H,1,12,14H2,2-3H3,(H,22,26). The summed E-state index contributed by atoms with van der Waals surface area (Å²) in [6, 6.07) is 15.7. The van der Waals surface area contributed by atoms with Gasteiger partial charge in [-0.15, -0.1) is 16.8 Å². The van der Waals surface area contributed by atoms with Crippen LogP contribution in [-0.4, -0.2) is 26.4 Å². The molecule has 0 aliphatic heterocycles. The van der Waals surface area contributed by atoms with Crippen molar-refractivity contribution in [2.24, 2.45) is 0 Å². The SMILES string of the molecule is C=CCn1c(SCC(=O)Nc2ccccc2)nnc1-c1ccc(C)cc1C. The molecule has 6 heteroatoms. The molecule has 0 saturated heterocycles. The average Bonchev–Trinajstić information content (AvgIpc) is 3.04. The molecule has 1 N–H and O–H groups in total. The normalized spacial score (nSPS) is 10.6. The van der Waals surface area contributed by atoms with Crippen molar-refractivity contribution in [2.75, 3.05) is 11.1 Å². The van der Waals surface area contributed by atoms with Crippen LogP contribution >= 0.6 is 11.8 Å². The van der Waals surface area contributed by atoms with Crippen LogP contribution in [0, 0.1) is 13.8 Å². The number of amides is 1. The number of thioether (sulfide) groups is 1. The second-order valence-electron chi connectivity index (χ2n) is 6.23. The van der Waals surface area contributed by atoms with Gasteiger partial charge in [-0.25, -0.2) is 0 Å². The molecule has 0 aliphatic carbocycles. The zero-order valence-corrected chi connectivity index (χ0v) is 16.3. The van der Waals surface area contributed by atoms with E-state index in [1.165, 1.54) is 17.3 Å². The Balaban J connectivity index is 1.77. The number of nitrogens with one attached hydrogen (secondary N) is 1. The largest absolute Gasteiger partial charge is 0.325 e. The number of benzene rings is 2. The summed E-state index contributed by atoms with van der Waals surface area (Å²) in [7, 11) is 0. The molecule has 5 nitrogen and oxygen atoms in total. The second kappa shape index (κ2) is 8.68. The van der Waals surface area contributed by atoms with Gasteiger partial charge >= 0.3 is 0 Å². The molecule has 1 aromatic heterocycles. The van der Waals surface area contributed by atoms with E-state index in [0.717, 1.165) is 22.6 Å². The Morgan fingerprint density at radius 3 is 2.67 bits per heavy atom. The van der Waals surface area contributed by atoms with Crippen molar-refractivity contribution in [3.05, 3.63) is 72.3 Å². The molecule has 0 atom stereocenters. The monoisotopic (exact) mass is 378 g/mol. The number of hydrogen-bond acceptors (Lipinski definition) is 4. The van der Waals surface area contributed by atoms with Crippen LogP contribution in [0.4, 0.5) is 5.69 Å². The van der Waals surface area contributed by atoms with Crippen molar-refractivity contribution >= 4 is 23.4 Å². The van der Waals surface area contributed by atoms with Crippen molar-refractivity contribution in [3.63, 3.8) is 0 Å². The van der Waals surface area contributed by atoms with Gasteiger partial charge in [-0.05, 0) is 31.5 Å². The lowest BCUT2D eigenvalue weighted by molar-refractivity contribution is -0.113. The van der Waals surface area contributed by atoms with Crippen LogP contribution < -0.4 is 5.32 Å². The molecule has 0 bridgehead atoms. The smallest absolute Gasteiger partial charge is 0.234 e. The van der Waals surface area contributed by atoms with Crippen molar-refractivity contribution in [1.29, 1.82) is 0 Å². The fourth-order valence-corrected chi connectivity index (χ4v) is 3.55. The molecule has 138 valence electrons. The Labute approximate surface area is 163 Å². The number of nitrogens with zero attached hydrogens (tertiary/aromatic N) is 3. The Hall–Kier alpha value is -2.86. The van der Waals surface area contributed by atoms with Crippen LogP contribution in [0.5, 0.6) is 0 Å². The summed E-state index contributed by atoms with van der Waals surface area (Å²) in [5.41, 5.74) is 4.17. The molecule has 0 aliphatic rings. The predicted octanol–water partition coefficient (Wildman–Crippen LogP) is 4.48. The van der Waals surface area contributed by atoms with Crippen molar-refractivity contribution in [1.82, 2.24) is 14.8 Å². The van der Waals surface area contributed by atoms with Gasteiger partial charge in [-0.1, -0.05) is 59.8 Å². The van der Waals surface area contributed by atoms with Crippen molar-refractivity contribution in [2.45, 2.75) is 25.5 Å². The Morgan fingerprint density at radius 2 is 1.96 bits per heavy atom. The van der Waals surface area contributed by atoms with Gasteiger partial charge < -0.3 is 5.32 Å². The predicted molar refractivity (Wildman–Crippen MR) is 111 cm³/mol. The first-order valence-corrected chi connectivity index (χ1v) is 9.66. The van der Waals surface area contributed by atoms with E-state index >= 15 is 0 Å². The van der Waals surface area contributed by atoms with Gasteiger partial charge in [0, 0.05) is 17.8 Å². The fourth-order valence-electron chi connectivity index (χ4n) is 2.80. The van der Waals surface area contributed by atoms with Crippen LogP contribution in [0.2, 0.25) is 0 Å². The summed E-state index contributed by atoms with van der Waals surface area (Å²) in [4.78, 5) is 12.2. The molecule has 3 rings (SSSR count). The Bertz CT molecular complexity index is 950. The first-order valence-electron chi connectivity index (χ1n) is 8.68. The molecule has 1 heterocycles. The van der Waals surface area contributed by atoms with Crippen molar-refractivity contribution < 1.29 is 4.79 Å². The summed E-state index contributed by atoms with van der Waals surface area (Å²) < 4.78 is 1.99. The Morgan fingerprint density at radius 1 is 1.19 bits per heavy atom. The third-order valence-electron chi connectivity index (χ3n) is 4.04. The molecular weight excluding hydrogens is 356 g/mol. The van der Waals surface area contributed by atoms with Crippen LogP contribution in [-0.2, 0) is 11.3 Å². The average molecular weight is 379 g/mol. The number of aromatic nitrogens is 3. The first-order chi connectivity index (χ1) is 13.1.